The van der Waals surface area contributed by atoms with E-state index in [2.05, 4.69) is 24.4 Å². The van der Waals surface area contributed by atoms with E-state index in [0.717, 1.165) is 12.1 Å². The van der Waals surface area contributed by atoms with Crippen LogP contribution in [0.4, 0.5) is 11.4 Å². The summed E-state index contributed by atoms with van der Waals surface area (Å²) in [4.78, 5) is 12.7. The highest BCUT2D eigenvalue weighted by Gasteiger charge is 2.11. The number of nitro groups is 1. The molecule has 0 saturated heterocycles. The molecule has 19 heavy (non-hydrogen) atoms. The van der Waals surface area contributed by atoms with Crippen LogP contribution in [0.2, 0.25) is 5.02 Å². The second-order valence-corrected chi connectivity index (χ2v) is 5.66. The van der Waals surface area contributed by atoms with Gasteiger partial charge in [0.2, 0.25) is 0 Å². The third kappa shape index (κ3) is 3.45. The number of thiophene rings is 1. The summed E-state index contributed by atoms with van der Waals surface area (Å²) in [7, 11) is 0. The van der Waals surface area contributed by atoms with Gasteiger partial charge in [0.25, 0.3) is 5.69 Å². The van der Waals surface area contributed by atoms with Crippen molar-refractivity contribution in [1.82, 2.24) is 0 Å². The molecule has 0 spiro atoms. The van der Waals surface area contributed by atoms with Gasteiger partial charge < -0.3 is 5.32 Å². The molecule has 0 radical (unpaired) electrons. The van der Waals surface area contributed by atoms with Crippen LogP contribution in [0.25, 0.3) is 0 Å². The van der Waals surface area contributed by atoms with Crippen molar-refractivity contribution >= 4 is 34.3 Å². The van der Waals surface area contributed by atoms with Gasteiger partial charge in [-0.25, -0.2) is 0 Å². The molecular weight excluding hydrogens is 284 g/mol. The summed E-state index contributed by atoms with van der Waals surface area (Å²) in [6, 6.07) is 8.86. The summed E-state index contributed by atoms with van der Waals surface area (Å²) in [6.07, 6.45) is 1.04. The lowest BCUT2D eigenvalue weighted by Gasteiger charge is -2.05. The van der Waals surface area contributed by atoms with E-state index in [0.29, 0.717) is 6.54 Å². The Labute approximate surface area is 120 Å². The van der Waals surface area contributed by atoms with Crippen molar-refractivity contribution < 1.29 is 4.92 Å². The number of aryl methyl sites for hydroxylation is 1. The van der Waals surface area contributed by atoms with Crippen molar-refractivity contribution in [2.24, 2.45) is 0 Å². The van der Waals surface area contributed by atoms with Gasteiger partial charge in [-0.05, 0) is 30.7 Å². The summed E-state index contributed by atoms with van der Waals surface area (Å²) in [5, 5.41) is 14.0. The maximum Gasteiger partial charge on any atom is 0.288 e. The largest absolute Gasteiger partial charge is 0.380 e. The Morgan fingerprint density at radius 3 is 2.63 bits per heavy atom. The van der Waals surface area contributed by atoms with Crippen molar-refractivity contribution in [3.8, 4) is 0 Å². The molecule has 0 bridgehead atoms. The molecule has 0 fully saturated rings. The van der Waals surface area contributed by atoms with Crippen LogP contribution in [0.1, 0.15) is 16.7 Å². The number of nitro benzene ring substituents is 1. The molecule has 0 unspecified atom stereocenters. The molecule has 4 nitrogen and oxygen atoms in total. The van der Waals surface area contributed by atoms with Gasteiger partial charge in [0.05, 0.1) is 4.92 Å². The van der Waals surface area contributed by atoms with Gasteiger partial charge in [-0.3, -0.25) is 10.1 Å². The number of nitrogens with zero attached hydrogens (tertiary/aromatic N) is 1. The summed E-state index contributed by atoms with van der Waals surface area (Å²) in [5.74, 6) is 0. The van der Waals surface area contributed by atoms with E-state index in [4.69, 9.17) is 11.6 Å². The van der Waals surface area contributed by atoms with Crippen LogP contribution in [0.15, 0.2) is 30.3 Å². The van der Waals surface area contributed by atoms with Crippen LogP contribution in [0.5, 0.6) is 0 Å². The molecule has 0 aliphatic heterocycles. The molecule has 0 aliphatic carbocycles. The lowest BCUT2D eigenvalue weighted by molar-refractivity contribution is -0.384. The predicted octanol–water partition coefficient (Wildman–Crippen LogP) is 4.48. The fourth-order valence-corrected chi connectivity index (χ4v) is 2.81. The number of halogens is 1. The number of rotatable bonds is 5. The van der Waals surface area contributed by atoms with Gasteiger partial charge >= 0.3 is 0 Å². The number of anilines is 1. The highest BCUT2D eigenvalue weighted by atomic mass is 35.5. The Balaban J connectivity index is 2.03. The summed E-state index contributed by atoms with van der Waals surface area (Å²) < 4.78 is 0. The first-order valence-corrected chi connectivity index (χ1v) is 7.05. The zero-order chi connectivity index (χ0) is 13.8. The van der Waals surface area contributed by atoms with Crippen LogP contribution >= 0.6 is 22.9 Å². The fraction of sp³-hybridized carbons (Fsp3) is 0.231. The van der Waals surface area contributed by atoms with Gasteiger partial charge in [0, 0.05) is 28.1 Å². The minimum atomic E-state index is -0.487. The smallest absolute Gasteiger partial charge is 0.288 e. The monoisotopic (exact) mass is 296 g/mol. The van der Waals surface area contributed by atoms with Crippen LogP contribution in [0.3, 0.4) is 0 Å². The Morgan fingerprint density at radius 2 is 2.05 bits per heavy atom. The molecule has 100 valence electrons. The van der Waals surface area contributed by atoms with E-state index in [9.17, 15) is 10.1 Å². The topological polar surface area (TPSA) is 55.2 Å². The average molecular weight is 297 g/mol. The molecule has 2 rings (SSSR count). The van der Waals surface area contributed by atoms with Crippen molar-refractivity contribution in [2.45, 2.75) is 19.9 Å². The molecule has 0 aliphatic rings. The summed E-state index contributed by atoms with van der Waals surface area (Å²) in [6.45, 7) is 2.82. The number of nitrogens with one attached hydrogen (secondary N) is 1. The quantitative estimate of drug-likeness (QED) is 0.653. The zero-order valence-electron chi connectivity index (χ0n) is 10.4. The van der Waals surface area contributed by atoms with E-state index in [1.807, 2.05) is 0 Å². The van der Waals surface area contributed by atoms with Gasteiger partial charge in [0.1, 0.15) is 5.02 Å². The van der Waals surface area contributed by atoms with Crippen LogP contribution < -0.4 is 5.32 Å². The van der Waals surface area contributed by atoms with Crippen molar-refractivity contribution in [3.63, 3.8) is 0 Å². The molecule has 6 heteroatoms. The lowest BCUT2D eigenvalue weighted by atomic mass is 10.3. The Morgan fingerprint density at radius 1 is 1.32 bits per heavy atom. The molecule has 0 saturated carbocycles. The van der Waals surface area contributed by atoms with Crippen molar-refractivity contribution in [2.75, 3.05) is 5.32 Å². The second kappa shape index (κ2) is 6.04. The number of benzene rings is 1. The molecule has 1 N–H and O–H groups in total. The van der Waals surface area contributed by atoms with E-state index in [1.165, 1.54) is 15.8 Å². The zero-order valence-corrected chi connectivity index (χ0v) is 11.9. The van der Waals surface area contributed by atoms with Gasteiger partial charge in [-0.2, -0.15) is 0 Å². The Bertz CT molecular complexity index is 598. The Kier molecular flexibility index (Phi) is 4.39. The van der Waals surface area contributed by atoms with Crippen molar-refractivity contribution in [1.29, 1.82) is 0 Å². The minimum absolute atomic E-state index is 0.0726. The molecular formula is C13H13ClN2O2S. The van der Waals surface area contributed by atoms with Crippen LogP contribution in [-0.2, 0) is 13.0 Å². The van der Waals surface area contributed by atoms with Crippen molar-refractivity contribution in [3.05, 3.63) is 55.2 Å². The maximum atomic E-state index is 10.7. The first-order chi connectivity index (χ1) is 9.10. The SMILES string of the molecule is CCc1ccc(CNc2ccc([N+](=O)[O-])c(Cl)c2)s1. The molecule has 0 amide bonds. The molecule has 1 aromatic carbocycles. The first kappa shape index (κ1) is 13.8. The average Bonchev–Trinajstić information content (AvgIpc) is 2.84. The third-order valence-electron chi connectivity index (χ3n) is 2.68. The number of hydrogen-bond acceptors (Lipinski definition) is 4. The van der Waals surface area contributed by atoms with Crippen LogP contribution in [-0.4, -0.2) is 4.92 Å². The molecule has 1 heterocycles. The Hall–Kier alpha value is -1.59. The first-order valence-electron chi connectivity index (χ1n) is 5.85. The maximum absolute atomic E-state index is 10.7. The van der Waals surface area contributed by atoms with Gasteiger partial charge in [-0.15, -0.1) is 11.3 Å². The normalized spacial score (nSPS) is 10.4. The number of hydrogen-bond donors (Lipinski definition) is 1. The third-order valence-corrected chi connectivity index (χ3v) is 4.21. The van der Waals surface area contributed by atoms with Gasteiger partial charge in [-0.1, -0.05) is 18.5 Å². The van der Waals surface area contributed by atoms with E-state index in [-0.39, 0.29) is 10.7 Å². The molecule has 1 aromatic heterocycles. The van der Waals surface area contributed by atoms with Gasteiger partial charge in [0.15, 0.2) is 0 Å². The molecule has 0 atom stereocenters. The fourth-order valence-electron chi connectivity index (χ4n) is 1.66. The highest BCUT2D eigenvalue weighted by molar-refractivity contribution is 7.12. The highest BCUT2D eigenvalue weighted by Crippen LogP contribution is 2.27. The van der Waals surface area contributed by atoms with Crippen LogP contribution in [0, 0.1) is 10.1 Å². The predicted molar refractivity (Wildman–Crippen MR) is 79.1 cm³/mol. The molecule has 2 aromatic rings. The van der Waals surface area contributed by atoms with E-state index in [1.54, 1.807) is 23.5 Å². The summed E-state index contributed by atoms with van der Waals surface area (Å²) >= 11 is 7.61. The van der Waals surface area contributed by atoms with E-state index >= 15 is 0 Å². The lowest BCUT2D eigenvalue weighted by Crippen LogP contribution is -1.98. The van der Waals surface area contributed by atoms with E-state index < -0.39 is 4.92 Å². The minimum Gasteiger partial charge on any atom is -0.380 e. The summed E-state index contributed by atoms with van der Waals surface area (Å²) in [5.41, 5.74) is 0.707. The second-order valence-electron chi connectivity index (χ2n) is 4.00. The standard InChI is InChI=1S/C13H13ClN2O2S/c1-2-10-4-5-11(19-10)8-15-9-3-6-13(16(17)18)12(14)7-9/h3-7,15H,2,8H2,1H3.